The van der Waals surface area contributed by atoms with Crippen molar-refractivity contribution in [3.05, 3.63) is 57.6 Å². The summed E-state index contributed by atoms with van der Waals surface area (Å²) in [6.45, 7) is 21.6. The van der Waals surface area contributed by atoms with Crippen LogP contribution < -0.4 is 0 Å². The fourth-order valence-corrected chi connectivity index (χ4v) is 5.92. The molecule has 252 valence electrons. The first-order valence-corrected chi connectivity index (χ1v) is 17.6. The van der Waals surface area contributed by atoms with Gasteiger partial charge in [-0.05, 0) is 81.7 Å². The lowest BCUT2D eigenvalue weighted by atomic mass is 9.78. The number of ether oxygens (including phenoxy) is 2. The van der Waals surface area contributed by atoms with Gasteiger partial charge in [0.05, 0.1) is 0 Å². The summed E-state index contributed by atoms with van der Waals surface area (Å²) in [7, 11) is 0. The van der Waals surface area contributed by atoms with E-state index < -0.39 is 0 Å². The first kappa shape index (κ1) is 38.5. The standard InChI is InChI=1S/C38H58O6S/c1-25(2)19-29-21-27(22-30(35(29)41)20-26(3)4)11-13-33(39)43-15-17-45-18-16-44-34(40)14-12-28-23-31(37(5,6)7)36(42)32(24-28)38(8,9)10/h21-26,41-42H,11-20H2,1-10H3. The predicted octanol–water partition coefficient (Wildman–Crippen LogP) is 8.47. The van der Waals surface area contributed by atoms with Crippen molar-refractivity contribution in [3.63, 3.8) is 0 Å². The van der Waals surface area contributed by atoms with Crippen molar-refractivity contribution in [2.75, 3.05) is 24.7 Å². The van der Waals surface area contributed by atoms with Gasteiger partial charge in [0.2, 0.25) is 0 Å². The van der Waals surface area contributed by atoms with Crippen molar-refractivity contribution in [2.45, 2.75) is 119 Å². The monoisotopic (exact) mass is 642 g/mol. The van der Waals surface area contributed by atoms with Crippen LogP contribution in [0.25, 0.3) is 0 Å². The lowest BCUT2D eigenvalue weighted by Gasteiger charge is -2.28. The smallest absolute Gasteiger partial charge is 0.306 e. The summed E-state index contributed by atoms with van der Waals surface area (Å²) in [6.07, 6.45) is 3.31. The molecule has 2 aromatic carbocycles. The Balaban J connectivity index is 1.73. The van der Waals surface area contributed by atoms with Crippen LogP contribution in [0.3, 0.4) is 0 Å². The van der Waals surface area contributed by atoms with Crippen LogP contribution in [0.2, 0.25) is 0 Å². The fourth-order valence-electron chi connectivity index (χ4n) is 5.32. The highest BCUT2D eigenvalue weighted by Crippen LogP contribution is 2.40. The number of aromatic hydroxyl groups is 2. The topological polar surface area (TPSA) is 93.1 Å². The summed E-state index contributed by atoms with van der Waals surface area (Å²) >= 11 is 1.58. The highest BCUT2D eigenvalue weighted by atomic mass is 32.2. The number of thioether (sulfide) groups is 1. The molecule has 7 heteroatoms. The number of hydrogen-bond donors (Lipinski definition) is 2. The fraction of sp³-hybridized carbons (Fsp3) is 0.632. The van der Waals surface area contributed by atoms with Gasteiger partial charge in [0.25, 0.3) is 0 Å². The molecule has 0 radical (unpaired) electrons. The summed E-state index contributed by atoms with van der Waals surface area (Å²) in [5.74, 6) is 2.39. The summed E-state index contributed by atoms with van der Waals surface area (Å²) in [5.41, 5.74) is 5.34. The number of phenols is 2. The maximum absolute atomic E-state index is 12.4. The van der Waals surface area contributed by atoms with E-state index in [2.05, 4.69) is 69.2 Å². The molecule has 0 unspecified atom stereocenters. The van der Waals surface area contributed by atoms with Gasteiger partial charge in [0.1, 0.15) is 24.7 Å². The number of carbonyl (C=O) groups is 2. The van der Waals surface area contributed by atoms with Gasteiger partial charge in [-0.15, -0.1) is 0 Å². The van der Waals surface area contributed by atoms with Gasteiger partial charge in [-0.3, -0.25) is 9.59 Å². The number of carbonyl (C=O) groups excluding carboxylic acids is 2. The number of phenolic OH excluding ortho intramolecular Hbond substituents is 2. The molecular formula is C38H58O6S. The molecule has 0 atom stereocenters. The molecule has 0 saturated carbocycles. The number of benzene rings is 2. The van der Waals surface area contributed by atoms with E-state index in [0.717, 1.165) is 46.2 Å². The molecule has 2 rings (SSSR count). The third kappa shape index (κ3) is 13.3. The maximum atomic E-state index is 12.4. The first-order chi connectivity index (χ1) is 20.9. The Morgan fingerprint density at radius 3 is 1.40 bits per heavy atom. The largest absolute Gasteiger partial charge is 0.507 e. The highest BCUT2D eigenvalue weighted by molar-refractivity contribution is 7.99. The molecular weight excluding hydrogens is 584 g/mol. The Kier molecular flexibility index (Phi) is 14.8. The lowest BCUT2D eigenvalue weighted by molar-refractivity contribution is -0.143. The van der Waals surface area contributed by atoms with Crippen LogP contribution in [0.1, 0.15) is 115 Å². The second-order valence-corrected chi connectivity index (χ2v) is 16.3. The van der Waals surface area contributed by atoms with E-state index >= 15 is 0 Å². The van der Waals surface area contributed by atoms with Gasteiger partial charge in [-0.2, -0.15) is 11.8 Å². The van der Waals surface area contributed by atoms with Crippen molar-refractivity contribution in [3.8, 4) is 11.5 Å². The second kappa shape index (κ2) is 17.3. The van der Waals surface area contributed by atoms with Crippen LogP contribution in [0.4, 0.5) is 0 Å². The van der Waals surface area contributed by atoms with E-state index in [1.54, 1.807) is 11.8 Å². The van der Waals surface area contributed by atoms with Crippen LogP contribution in [0.15, 0.2) is 24.3 Å². The van der Waals surface area contributed by atoms with Gasteiger partial charge < -0.3 is 19.7 Å². The minimum atomic E-state index is -0.243. The Morgan fingerprint density at radius 1 is 0.667 bits per heavy atom. The van der Waals surface area contributed by atoms with E-state index in [4.69, 9.17) is 9.47 Å². The first-order valence-electron chi connectivity index (χ1n) is 16.5. The van der Waals surface area contributed by atoms with Gasteiger partial charge >= 0.3 is 11.9 Å². The normalized spacial score (nSPS) is 12.2. The van der Waals surface area contributed by atoms with Crippen molar-refractivity contribution in [2.24, 2.45) is 11.8 Å². The average Bonchev–Trinajstić information content (AvgIpc) is 2.91. The van der Waals surface area contributed by atoms with Crippen LogP contribution in [0.5, 0.6) is 11.5 Å². The van der Waals surface area contributed by atoms with Crippen LogP contribution in [-0.2, 0) is 55.6 Å². The van der Waals surface area contributed by atoms with Gasteiger partial charge in [-0.1, -0.05) is 93.5 Å². The van der Waals surface area contributed by atoms with Crippen LogP contribution in [0, 0.1) is 11.8 Å². The van der Waals surface area contributed by atoms with Crippen molar-refractivity contribution in [1.29, 1.82) is 0 Å². The molecule has 45 heavy (non-hydrogen) atoms. The highest BCUT2D eigenvalue weighted by Gasteiger charge is 2.26. The summed E-state index contributed by atoms with van der Waals surface area (Å²) in [5, 5.41) is 21.7. The molecule has 2 aromatic rings. The summed E-state index contributed by atoms with van der Waals surface area (Å²) < 4.78 is 10.9. The molecule has 0 bridgehead atoms. The zero-order valence-electron chi connectivity index (χ0n) is 29.5. The summed E-state index contributed by atoms with van der Waals surface area (Å²) in [6, 6.07) is 8.07. The van der Waals surface area contributed by atoms with Gasteiger partial charge in [0.15, 0.2) is 0 Å². The molecule has 0 saturated heterocycles. The molecule has 0 aromatic heterocycles. The Bertz CT molecular complexity index is 1200. The van der Waals surface area contributed by atoms with E-state index in [-0.39, 0.29) is 29.2 Å². The van der Waals surface area contributed by atoms with Gasteiger partial charge in [-0.25, -0.2) is 0 Å². The van der Waals surface area contributed by atoms with E-state index in [1.165, 1.54) is 0 Å². The molecule has 0 aliphatic heterocycles. The minimum absolute atomic E-state index is 0.215. The van der Waals surface area contributed by atoms with E-state index in [1.807, 2.05) is 24.3 Å². The van der Waals surface area contributed by atoms with Crippen LogP contribution >= 0.6 is 11.8 Å². The molecule has 0 fully saturated rings. The summed E-state index contributed by atoms with van der Waals surface area (Å²) in [4.78, 5) is 24.8. The van der Waals surface area contributed by atoms with Crippen molar-refractivity contribution >= 4 is 23.7 Å². The Labute approximate surface area is 276 Å². The minimum Gasteiger partial charge on any atom is -0.507 e. The van der Waals surface area contributed by atoms with E-state index in [9.17, 15) is 19.8 Å². The zero-order chi connectivity index (χ0) is 33.9. The third-order valence-corrected chi connectivity index (χ3v) is 8.50. The second-order valence-electron chi connectivity index (χ2n) is 15.1. The lowest BCUT2D eigenvalue weighted by Crippen LogP contribution is -2.18. The quantitative estimate of drug-likeness (QED) is 0.140. The third-order valence-electron chi connectivity index (χ3n) is 7.59. The molecule has 0 spiro atoms. The van der Waals surface area contributed by atoms with E-state index in [0.29, 0.717) is 67.3 Å². The molecule has 0 amide bonds. The molecule has 2 N–H and O–H groups in total. The zero-order valence-corrected chi connectivity index (χ0v) is 30.3. The number of hydrogen-bond acceptors (Lipinski definition) is 7. The van der Waals surface area contributed by atoms with Crippen molar-refractivity contribution in [1.82, 2.24) is 0 Å². The SMILES string of the molecule is CC(C)Cc1cc(CCC(=O)OCCSCCOC(=O)CCc2cc(C(C)(C)C)c(O)c(C(C)(C)C)c2)cc(CC(C)C)c1O. The molecule has 6 nitrogen and oxygen atoms in total. The number of aryl methyl sites for hydroxylation is 2. The molecule has 0 heterocycles. The maximum Gasteiger partial charge on any atom is 0.306 e. The average molecular weight is 643 g/mol. The Hall–Kier alpha value is -2.67. The van der Waals surface area contributed by atoms with Gasteiger partial charge in [0, 0.05) is 24.3 Å². The number of rotatable bonds is 16. The van der Waals surface area contributed by atoms with Crippen LogP contribution in [-0.4, -0.2) is 46.9 Å². The predicted molar refractivity (Wildman–Crippen MR) is 187 cm³/mol. The Morgan fingerprint density at radius 2 is 1.04 bits per heavy atom. The molecule has 0 aliphatic carbocycles. The molecule has 0 aliphatic rings. The number of esters is 2. The van der Waals surface area contributed by atoms with Crippen molar-refractivity contribution < 1.29 is 29.3 Å².